The zero-order chi connectivity index (χ0) is 16.8. The maximum Gasteiger partial charge on any atom is 0.315 e. The predicted octanol–water partition coefficient (Wildman–Crippen LogP) is 1.75. The van der Waals surface area contributed by atoms with Crippen LogP contribution in [0.15, 0.2) is 6.33 Å². The monoisotopic (exact) mass is 334 g/mol. The van der Waals surface area contributed by atoms with E-state index in [1.807, 2.05) is 4.68 Å². The Labute approximate surface area is 144 Å². The Morgan fingerprint density at radius 2 is 2.12 bits per heavy atom. The van der Waals surface area contributed by atoms with Gasteiger partial charge in [-0.1, -0.05) is 12.8 Å². The van der Waals surface area contributed by atoms with Crippen LogP contribution in [0, 0.1) is 5.92 Å². The highest BCUT2D eigenvalue weighted by Gasteiger charge is 2.22. The third-order valence-corrected chi connectivity index (χ3v) is 5.21. The number of likely N-dealkylation sites (tertiary alicyclic amines) is 1. The van der Waals surface area contributed by atoms with Crippen LogP contribution in [0.4, 0.5) is 4.79 Å². The summed E-state index contributed by atoms with van der Waals surface area (Å²) >= 11 is 0. The summed E-state index contributed by atoms with van der Waals surface area (Å²) < 4.78 is 1.96. The first-order chi connectivity index (χ1) is 11.7. The molecule has 1 saturated heterocycles. The fourth-order valence-electron chi connectivity index (χ4n) is 3.88. The molecule has 0 spiro atoms. The van der Waals surface area contributed by atoms with Crippen LogP contribution >= 0.6 is 0 Å². The van der Waals surface area contributed by atoms with Crippen LogP contribution in [0.5, 0.6) is 0 Å². The number of piperidine rings is 1. The van der Waals surface area contributed by atoms with Gasteiger partial charge in [0.25, 0.3) is 0 Å². The zero-order valence-electron chi connectivity index (χ0n) is 14.7. The Bertz CT molecular complexity index is 525. The number of carbonyl (C=O) groups excluding carboxylic acids is 1. The molecule has 1 aromatic rings. The maximum absolute atomic E-state index is 12.0. The average molecular weight is 334 g/mol. The van der Waals surface area contributed by atoms with Crippen molar-refractivity contribution in [1.29, 1.82) is 0 Å². The van der Waals surface area contributed by atoms with Crippen molar-refractivity contribution in [3.05, 3.63) is 12.2 Å². The van der Waals surface area contributed by atoms with E-state index < -0.39 is 0 Å². The normalized spacial score (nSPS) is 22.6. The molecule has 1 aliphatic heterocycles. The zero-order valence-corrected chi connectivity index (χ0v) is 14.7. The van der Waals surface area contributed by atoms with Crippen LogP contribution in [0.2, 0.25) is 0 Å². The Balaban J connectivity index is 1.41. The molecule has 1 atom stereocenters. The molecule has 3 rings (SSSR count). The third-order valence-electron chi connectivity index (χ3n) is 5.21. The van der Waals surface area contributed by atoms with Crippen molar-refractivity contribution in [2.75, 3.05) is 19.6 Å². The van der Waals surface area contributed by atoms with Crippen LogP contribution in [0.25, 0.3) is 0 Å². The molecule has 0 unspecified atom stereocenters. The van der Waals surface area contributed by atoms with Gasteiger partial charge in [0, 0.05) is 25.7 Å². The number of nitrogens with one attached hydrogen (secondary N) is 2. The lowest BCUT2D eigenvalue weighted by molar-refractivity contribution is 0.159. The van der Waals surface area contributed by atoms with Crippen molar-refractivity contribution in [3.8, 4) is 0 Å². The van der Waals surface area contributed by atoms with Gasteiger partial charge in [-0.25, -0.2) is 14.5 Å². The van der Waals surface area contributed by atoms with Crippen molar-refractivity contribution >= 4 is 6.03 Å². The molecule has 0 bridgehead atoms. The van der Waals surface area contributed by atoms with Crippen molar-refractivity contribution in [1.82, 2.24) is 30.3 Å². The Hall–Kier alpha value is -1.63. The van der Waals surface area contributed by atoms with Crippen LogP contribution in [-0.2, 0) is 13.1 Å². The first-order valence-corrected chi connectivity index (χ1v) is 9.38. The minimum atomic E-state index is 0.00440. The fourth-order valence-corrected chi connectivity index (χ4v) is 3.88. The van der Waals surface area contributed by atoms with Gasteiger partial charge < -0.3 is 10.6 Å². The first kappa shape index (κ1) is 17.2. The molecule has 2 aliphatic rings. The second kappa shape index (κ2) is 8.46. The molecule has 0 radical (unpaired) electrons. The number of aromatic nitrogens is 3. The summed E-state index contributed by atoms with van der Waals surface area (Å²) in [6.45, 7) is 6.66. The fraction of sp³-hybridized carbons (Fsp3) is 0.824. The molecule has 1 saturated carbocycles. The Morgan fingerprint density at radius 3 is 2.92 bits per heavy atom. The van der Waals surface area contributed by atoms with Crippen LogP contribution < -0.4 is 10.6 Å². The highest BCUT2D eigenvalue weighted by atomic mass is 16.2. The number of hydrogen-bond donors (Lipinski definition) is 2. The third kappa shape index (κ3) is 4.69. The summed E-state index contributed by atoms with van der Waals surface area (Å²) in [6.07, 6.45) is 8.73. The lowest BCUT2D eigenvalue weighted by atomic mass is 9.98. The molecule has 7 heteroatoms. The minimum absolute atomic E-state index is 0.00440. The number of nitrogens with zero attached hydrogens (tertiary/aromatic N) is 4. The van der Waals surface area contributed by atoms with Crippen molar-refractivity contribution < 1.29 is 4.79 Å². The van der Waals surface area contributed by atoms with Crippen molar-refractivity contribution in [2.24, 2.45) is 5.92 Å². The molecule has 2 amide bonds. The van der Waals surface area contributed by atoms with Gasteiger partial charge in [0.2, 0.25) is 0 Å². The molecule has 1 aliphatic carbocycles. The van der Waals surface area contributed by atoms with Crippen LogP contribution in [-0.4, -0.2) is 51.4 Å². The Morgan fingerprint density at radius 1 is 1.29 bits per heavy atom. The van der Waals surface area contributed by atoms with Crippen molar-refractivity contribution in [3.63, 3.8) is 0 Å². The van der Waals surface area contributed by atoms with Gasteiger partial charge in [-0.15, -0.1) is 0 Å². The van der Waals surface area contributed by atoms with Gasteiger partial charge in [-0.05, 0) is 45.1 Å². The van der Waals surface area contributed by atoms with Crippen molar-refractivity contribution in [2.45, 2.75) is 64.6 Å². The average Bonchev–Trinajstić information content (AvgIpc) is 3.25. The first-order valence-electron chi connectivity index (χ1n) is 9.38. The van der Waals surface area contributed by atoms with E-state index >= 15 is 0 Å². The lowest BCUT2D eigenvalue weighted by Crippen LogP contribution is -2.45. The topological polar surface area (TPSA) is 75.1 Å². The second-order valence-corrected chi connectivity index (χ2v) is 7.07. The molecule has 2 N–H and O–H groups in total. The van der Waals surface area contributed by atoms with E-state index in [9.17, 15) is 4.79 Å². The molecular formula is C17H30N6O. The SMILES string of the molecule is CCn1ncnc1CN1CCC[C@@H](CNC(=O)NC2CCCC2)C1. The number of rotatable bonds is 6. The summed E-state index contributed by atoms with van der Waals surface area (Å²) in [5.74, 6) is 1.55. The van der Waals surface area contributed by atoms with Crippen LogP contribution in [0.3, 0.4) is 0 Å². The molecule has 7 nitrogen and oxygen atoms in total. The number of amides is 2. The summed E-state index contributed by atoms with van der Waals surface area (Å²) in [4.78, 5) is 18.8. The maximum atomic E-state index is 12.0. The standard InChI is InChI=1S/C17H30N6O/c1-2-23-16(19-13-20-23)12-22-9-5-6-14(11-22)10-18-17(24)21-15-7-3-4-8-15/h13-15H,2-12H2,1H3,(H2,18,21,24)/t14-/m0/s1. The van der Waals surface area contributed by atoms with E-state index in [4.69, 9.17) is 0 Å². The van der Waals surface area contributed by atoms with E-state index in [0.717, 1.165) is 51.4 Å². The highest BCUT2D eigenvalue weighted by Crippen LogP contribution is 2.18. The minimum Gasteiger partial charge on any atom is -0.338 e. The highest BCUT2D eigenvalue weighted by molar-refractivity contribution is 5.74. The van der Waals surface area contributed by atoms with Gasteiger partial charge in [-0.2, -0.15) is 5.10 Å². The largest absolute Gasteiger partial charge is 0.338 e. The van der Waals surface area contributed by atoms with Gasteiger partial charge in [0.05, 0.1) is 6.54 Å². The van der Waals surface area contributed by atoms with E-state index in [1.165, 1.54) is 25.7 Å². The molecule has 2 fully saturated rings. The Kier molecular flexibility index (Phi) is 6.07. The second-order valence-electron chi connectivity index (χ2n) is 7.07. The van der Waals surface area contributed by atoms with E-state index in [0.29, 0.717) is 12.0 Å². The molecule has 134 valence electrons. The summed E-state index contributed by atoms with van der Waals surface area (Å²) in [7, 11) is 0. The summed E-state index contributed by atoms with van der Waals surface area (Å²) in [5, 5.41) is 10.4. The molecule has 24 heavy (non-hydrogen) atoms. The molecule has 0 aromatic carbocycles. The summed E-state index contributed by atoms with van der Waals surface area (Å²) in [5.41, 5.74) is 0. The van der Waals surface area contributed by atoms with E-state index in [1.54, 1.807) is 6.33 Å². The predicted molar refractivity (Wildman–Crippen MR) is 92.5 cm³/mol. The van der Waals surface area contributed by atoms with Gasteiger partial charge in [0.15, 0.2) is 0 Å². The van der Waals surface area contributed by atoms with Crippen LogP contribution in [0.1, 0.15) is 51.3 Å². The number of hydrogen-bond acceptors (Lipinski definition) is 4. The molecule has 2 heterocycles. The number of carbonyl (C=O) groups is 1. The number of aryl methyl sites for hydroxylation is 1. The quantitative estimate of drug-likeness (QED) is 0.831. The van der Waals surface area contributed by atoms with E-state index in [-0.39, 0.29) is 6.03 Å². The van der Waals surface area contributed by atoms with Gasteiger partial charge in [-0.3, -0.25) is 4.90 Å². The number of urea groups is 1. The lowest BCUT2D eigenvalue weighted by Gasteiger charge is -2.32. The van der Waals surface area contributed by atoms with Gasteiger partial charge in [0.1, 0.15) is 12.2 Å². The molecule has 1 aromatic heterocycles. The van der Waals surface area contributed by atoms with E-state index in [2.05, 4.69) is 32.5 Å². The van der Waals surface area contributed by atoms with Gasteiger partial charge >= 0.3 is 6.03 Å². The molecular weight excluding hydrogens is 304 g/mol. The summed E-state index contributed by atoms with van der Waals surface area (Å²) in [6, 6.07) is 0.387. The smallest absolute Gasteiger partial charge is 0.315 e.